The second kappa shape index (κ2) is 7.41. The van der Waals surface area contributed by atoms with Crippen LogP contribution in [-0.2, 0) is 10.0 Å². The third-order valence-electron chi connectivity index (χ3n) is 4.07. The Labute approximate surface area is 170 Å². The van der Waals surface area contributed by atoms with E-state index in [-0.39, 0.29) is 22.5 Å². The van der Waals surface area contributed by atoms with Gasteiger partial charge in [0, 0.05) is 11.8 Å². The molecule has 0 aliphatic rings. The van der Waals surface area contributed by atoms with Crippen LogP contribution in [0.2, 0.25) is 0 Å². The first-order valence-corrected chi connectivity index (χ1v) is 10.0. The zero-order valence-corrected chi connectivity index (χ0v) is 16.3. The van der Waals surface area contributed by atoms with Gasteiger partial charge in [-0.05, 0) is 48.9 Å². The van der Waals surface area contributed by atoms with Crippen LogP contribution in [0.4, 0.5) is 10.4 Å². The van der Waals surface area contributed by atoms with E-state index in [0.29, 0.717) is 11.1 Å². The summed E-state index contributed by atoms with van der Waals surface area (Å²) in [5.74, 6) is -0.735. The average Bonchev–Trinajstić information content (AvgIpc) is 3.36. The third-order valence-corrected chi connectivity index (χ3v) is 5.39. The highest BCUT2D eigenvalue weighted by atomic mass is 32.2. The molecule has 2 aromatic carbocycles. The Hall–Kier alpha value is -4.04. The summed E-state index contributed by atoms with van der Waals surface area (Å²) in [5.41, 5.74) is 1.78. The van der Waals surface area contributed by atoms with Crippen LogP contribution in [0.5, 0.6) is 0 Å². The highest BCUT2D eigenvalue weighted by molar-refractivity contribution is 7.92. The Morgan fingerprint density at radius 1 is 1.20 bits per heavy atom. The summed E-state index contributed by atoms with van der Waals surface area (Å²) in [4.78, 5) is -0.321. The first-order valence-electron chi connectivity index (χ1n) is 8.54. The van der Waals surface area contributed by atoms with E-state index in [2.05, 4.69) is 20.0 Å². The van der Waals surface area contributed by atoms with Gasteiger partial charge in [0.2, 0.25) is 5.89 Å². The van der Waals surface area contributed by atoms with Crippen molar-refractivity contribution in [3.05, 3.63) is 71.8 Å². The molecule has 0 amide bonds. The Bertz CT molecular complexity index is 1390. The Balaban J connectivity index is 1.58. The summed E-state index contributed by atoms with van der Waals surface area (Å²) < 4.78 is 48.4. The Morgan fingerprint density at radius 2 is 2.03 bits per heavy atom. The summed E-state index contributed by atoms with van der Waals surface area (Å²) in [6, 6.07) is 11.4. The minimum Gasteiger partial charge on any atom is -0.403 e. The molecule has 4 aromatic rings. The Morgan fingerprint density at radius 3 is 2.73 bits per heavy atom. The number of anilines is 1. The number of aryl methyl sites for hydroxylation is 1. The van der Waals surface area contributed by atoms with Crippen molar-refractivity contribution in [1.29, 1.82) is 5.26 Å². The van der Waals surface area contributed by atoms with Crippen LogP contribution >= 0.6 is 0 Å². The van der Waals surface area contributed by atoms with E-state index in [1.807, 2.05) is 6.07 Å². The van der Waals surface area contributed by atoms with Crippen molar-refractivity contribution in [2.45, 2.75) is 11.8 Å². The molecule has 150 valence electrons. The second-order valence-electron chi connectivity index (χ2n) is 6.29. The number of nitriles is 1. The minimum atomic E-state index is -4.18. The quantitative estimate of drug-likeness (QED) is 0.522. The maximum atomic E-state index is 14.5. The number of nitrogens with one attached hydrogen (secondary N) is 1. The summed E-state index contributed by atoms with van der Waals surface area (Å²) in [6.07, 6.45) is 3.18. The summed E-state index contributed by atoms with van der Waals surface area (Å²) in [7, 11) is -4.18. The van der Waals surface area contributed by atoms with E-state index < -0.39 is 15.8 Å². The molecule has 4 rings (SSSR count). The highest BCUT2D eigenvalue weighted by Gasteiger charge is 2.21. The molecule has 0 aliphatic carbocycles. The van der Waals surface area contributed by atoms with E-state index in [9.17, 15) is 12.8 Å². The number of aromatic nitrogens is 4. The summed E-state index contributed by atoms with van der Waals surface area (Å²) in [5, 5.41) is 20.4. The predicted octanol–water partition coefficient (Wildman–Crippen LogP) is 3.04. The zero-order valence-electron chi connectivity index (χ0n) is 15.4. The van der Waals surface area contributed by atoms with Gasteiger partial charge in [0.25, 0.3) is 10.0 Å². The van der Waals surface area contributed by atoms with Gasteiger partial charge in [-0.15, -0.1) is 5.10 Å². The lowest BCUT2D eigenvalue weighted by atomic mass is 10.1. The van der Waals surface area contributed by atoms with Crippen LogP contribution in [0.3, 0.4) is 0 Å². The molecule has 0 unspecified atom stereocenters. The smallest absolute Gasteiger partial charge is 0.330 e. The normalized spacial score (nSPS) is 11.2. The van der Waals surface area contributed by atoms with Crippen molar-refractivity contribution in [2.24, 2.45) is 0 Å². The van der Waals surface area contributed by atoms with Crippen molar-refractivity contribution in [1.82, 2.24) is 20.0 Å². The molecule has 2 aromatic heterocycles. The molecule has 11 heteroatoms. The van der Waals surface area contributed by atoms with Crippen molar-refractivity contribution in [2.75, 3.05) is 4.72 Å². The van der Waals surface area contributed by atoms with Crippen LogP contribution in [-0.4, -0.2) is 28.4 Å². The predicted molar refractivity (Wildman–Crippen MR) is 104 cm³/mol. The van der Waals surface area contributed by atoms with Gasteiger partial charge < -0.3 is 4.42 Å². The van der Waals surface area contributed by atoms with Crippen LogP contribution < -0.4 is 4.72 Å². The lowest BCUT2D eigenvalue weighted by Crippen LogP contribution is -2.14. The molecular weight excluding hydrogens is 411 g/mol. The first kappa shape index (κ1) is 19.3. The maximum Gasteiger partial charge on any atom is 0.330 e. The number of nitrogens with zero attached hydrogens (tertiary/aromatic N) is 5. The van der Waals surface area contributed by atoms with Crippen molar-refractivity contribution >= 4 is 16.0 Å². The average molecular weight is 424 g/mol. The summed E-state index contributed by atoms with van der Waals surface area (Å²) >= 11 is 0. The third kappa shape index (κ3) is 3.76. The van der Waals surface area contributed by atoms with Crippen LogP contribution in [0.1, 0.15) is 11.1 Å². The highest BCUT2D eigenvalue weighted by Crippen LogP contribution is 2.24. The lowest BCUT2D eigenvalue weighted by Gasteiger charge is -2.07. The van der Waals surface area contributed by atoms with Crippen molar-refractivity contribution in [3.8, 4) is 23.2 Å². The molecule has 2 heterocycles. The Kier molecular flexibility index (Phi) is 4.77. The van der Waals surface area contributed by atoms with E-state index in [4.69, 9.17) is 9.68 Å². The minimum absolute atomic E-state index is 0.0281. The molecule has 30 heavy (non-hydrogen) atoms. The van der Waals surface area contributed by atoms with Gasteiger partial charge in [0.1, 0.15) is 11.5 Å². The number of benzene rings is 2. The molecule has 0 radical (unpaired) electrons. The number of hydrogen-bond acceptors (Lipinski definition) is 7. The largest absolute Gasteiger partial charge is 0.403 e. The molecule has 0 aliphatic heterocycles. The summed E-state index contributed by atoms with van der Waals surface area (Å²) in [6.45, 7) is 1.80. The molecule has 0 saturated carbocycles. The van der Waals surface area contributed by atoms with Gasteiger partial charge >= 0.3 is 6.01 Å². The van der Waals surface area contributed by atoms with Gasteiger partial charge in [0.15, 0.2) is 0 Å². The van der Waals surface area contributed by atoms with E-state index in [1.54, 1.807) is 37.5 Å². The van der Waals surface area contributed by atoms with Crippen LogP contribution in [0.25, 0.3) is 17.1 Å². The van der Waals surface area contributed by atoms with Gasteiger partial charge in [0.05, 0.1) is 22.7 Å². The number of halogens is 1. The fourth-order valence-electron chi connectivity index (χ4n) is 2.66. The number of hydrogen-bond donors (Lipinski definition) is 1. The number of sulfonamides is 1. The second-order valence-corrected chi connectivity index (χ2v) is 7.97. The van der Waals surface area contributed by atoms with E-state index >= 15 is 0 Å². The molecule has 9 nitrogen and oxygen atoms in total. The fraction of sp³-hybridized carbons (Fsp3) is 0.0526. The molecule has 0 fully saturated rings. The van der Waals surface area contributed by atoms with Gasteiger partial charge in [-0.25, -0.2) is 22.2 Å². The molecular formula is C19H13FN6O3S. The van der Waals surface area contributed by atoms with Crippen LogP contribution in [0.15, 0.2) is 64.2 Å². The van der Waals surface area contributed by atoms with E-state index in [1.165, 1.54) is 22.9 Å². The maximum absolute atomic E-state index is 14.5. The zero-order chi connectivity index (χ0) is 21.3. The molecule has 0 spiro atoms. The van der Waals surface area contributed by atoms with Gasteiger partial charge in [-0.2, -0.15) is 10.4 Å². The monoisotopic (exact) mass is 424 g/mol. The molecule has 0 atom stereocenters. The van der Waals surface area contributed by atoms with Gasteiger partial charge in [-0.1, -0.05) is 11.2 Å². The molecule has 1 N–H and O–H groups in total. The van der Waals surface area contributed by atoms with E-state index in [0.717, 1.165) is 11.6 Å². The standard InChI is InChI=1S/C19H13FN6O3S/c1-12-10-22-26(11-12)17-6-5-15(8-16(17)20)30(27,28)25-19-24-23-18(29-19)14-4-2-3-13(7-14)9-21/h2-8,10-11H,1H3,(H,24,25). The SMILES string of the molecule is Cc1cnn(-c2ccc(S(=O)(=O)Nc3nnc(-c4cccc(C#N)c4)o3)cc2F)c1. The number of rotatable bonds is 5. The van der Waals surface area contributed by atoms with Gasteiger partial charge in [-0.3, -0.25) is 0 Å². The molecule has 0 bridgehead atoms. The van der Waals surface area contributed by atoms with Crippen molar-refractivity contribution < 1.29 is 17.2 Å². The first-order chi connectivity index (χ1) is 14.4. The van der Waals surface area contributed by atoms with Crippen LogP contribution in [0, 0.1) is 24.1 Å². The lowest BCUT2D eigenvalue weighted by molar-refractivity contribution is 0.575. The topological polar surface area (TPSA) is 127 Å². The fourth-order valence-corrected chi connectivity index (χ4v) is 3.60. The van der Waals surface area contributed by atoms with Crippen molar-refractivity contribution in [3.63, 3.8) is 0 Å². The molecule has 0 saturated heterocycles.